The maximum Gasteiger partial charge on any atom is 0.407 e. The minimum absolute atomic E-state index is 0.438. The first-order valence-corrected chi connectivity index (χ1v) is 7.72. The topological polar surface area (TPSA) is 91.4 Å². The zero-order valence-corrected chi connectivity index (χ0v) is 14.1. The molecule has 6 heteroatoms. The quantitative estimate of drug-likeness (QED) is 0.733. The van der Waals surface area contributed by atoms with Crippen molar-refractivity contribution in [3.05, 3.63) is 41.6 Å². The van der Waals surface area contributed by atoms with E-state index in [1.165, 1.54) is 0 Å². The van der Waals surface area contributed by atoms with Crippen LogP contribution in [0.1, 0.15) is 31.9 Å². The van der Waals surface area contributed by atoms with Crippen molar-refractivity contribution in [1.82, 2.24) is 10.3 Å². The minimum atomic E-state index is -0.981. The number of H-pyrrole nitrogens is 1. The van der Waals surface area contributed by atoms with Gasteiger partial charge in [-0.1, -0.05) is 6.07 Å². The number of aromatic amines is 1. The smallest absolute Gasteiger partial charge is 0.407 e. The lowest BCUT2D eigenvalue weighted by Gasteiger charge is -2.19. The number of alkyl carbamates (subject to hydrolysis) is 1. The first-order valence-electron chi connectivity index (χ1n) is 7.72. The van der Waals surface area contributed by atoms with Gasteiger partial charge in [0.05, 0.1) is 0 Å². The third-order valence-corrected chi connectivity index (χ3v) is 3.27. The maximum atomic E-state index is 11.6. The van der Waals surface area contributed by atoms with Crippen molar-refractivity contribution in [2.45, 2.75) is 32.8 Å². The van der Waals surface area contributed by atoms with E-state index in [0.717, 1.165) is 28.1 Å². The lowest BCUT2D eigenvalue weighted by atomic mass is 10.1. The van der Waals surface area contributed by atoms with Crippen molar-refractivity contribution < 1.29 is 19.4 Å². The molecule has 0 spiro atoms. The molecule has 0 aliphatic heterocycles. The Labute approximate surface area is 140 Å². The first-order chi connectivity index (χ1) is 11.2. The summed E-state index contributed by atoms with van der Waals surface area (Å²) >= 11 is 0. The predicted octanol–water partition coefficient (Wildman–Crippen LogP) is 3.33. The summed E-state index contributed by atoms with van der Waals surface area (Å²) in [6.07, 6.45) is 4.76. The number of carbonyl (C=O) groups excluding carboxylic acids is 1. The van der Waals surface area contributed by atoms with Crippen LogP contribution in [0.5, 0.6) is 0 Å². The van der Waals surface area contributed by atoms with Gasteiger partial charge in [-0.25, -0.2) is 9.59 Å². The van der Waals surface area contributed by atoms with Gasteiger partial charge < -0.3 is 20.1 Å². The van der Waals surface area contributed by atoms with Crippen LogP contribution in [0.25, 0.3) is 17.0 Å². The fraction of sp³-hybridized carbons (Fsp3) is 0.333. The summed E-state index contributed by atoms with van der Waals surface area (Å²) in [5.41, 5.74) is 2.31. The SMILES string of the molecule is CC(C)(C)OC(=O)NCCc1c[nH]c2ccc(C=CC(=O)O)cc12. The van der Waals surface area contributed by atoms with Gasteiger partial charge in [-0.15, -0.1) is 0 Å². The molecule has 1 amide bonds. The third kappa shape index (κ3) is 5.15. The summed E-state index contributed by atoms with van der Waals surface area (Å²) in [7, 11) is 0. The van der Waals surface area contributed by atoms with E-state index in [1.807, 2.05) is 45.2 Å². The second kappa shape index (κ2) is 7.21. The molecule has 0 saturated heterocycles. The summed E-state index contributed by atoms with van der Waals surface area (Å²) in [6, 6.07) is 5.68. The molecule has 2 rings (SSSR count). The van der Waals surface area contributed by atoms with Crippen molar-refractivity contribution in [1.29, 1.82) is 0 Å². The van der Waals surface area contributed by atoms with E-state index in [-0.39, 0.29) is 0 Å². The number of fused-ring (bicyclic) bond motifs is 1. The van der Waals surface area contributed by atoms with Crippen LogP contribution in [-0.4, -0.2) is 34.3 Å². The summed E-state index contributed by atoms with van der Waals surface area (Å²) in [6.45, 7) is 5.91. The Kier molecular flexibility index (Phi) is 5.28. The Morgan fingerprint density at radius 1 is 1.33 bits per heavy atom. The Morgan fingerprint density at radius 2 is 2.08 bits per heavy atom. The third-order valence-electron chi connectivity index (χ3n) is 3.27. The molecule has 0 unspecified atom stereocenters. The van der Waals surface area contributed by atoms with Crippen molar-refractivity contribution in [2.24, 2.45) is 0 Å². The van der Waals surface area contributed by atoms with Gasteiger partial charge in [-0.05, 0) is 56.5 Å². The number of carbonyl (C=O) groups is 2. The van der Waals surface area contributed by atoms with Gasteiger partial charge >= 0.3 is 12.1 Å². The number of carboxylic acids is 1. The normalized spacial score (nSPS) is 11.8. The molecule has 0 atom stereocenters. The minimum Gasteiger partial charge on any atom is -0.478 e. The number of aromatic nitrogens is 1. The van der Waals surface area contributed by atoms with Gasteiger partial charge in [-0.3, -0.25) is 0 Å². The number of nitrogens with one attached hydrogen (secondary N) is 2. The van der Waals surface area contributed by atoms with Crippen LogP contribution >= 0.6 is 0 Å². The first kappa shape index (κ1) is 17.6. The molecule has 0 aliphatic rings. The van der Waals surface area contributed by atoms with Crippen molar-refractivity contribution >= 4 is 29.0 Å². The molecular weight excluding hydrogens is 308 g/mol. The number of amides is 1. The lowest BCUT2D eigenvalue weighted by molar-refractivity contribution is -0.131. The highest BCUT2D eigenvalue weighted by Crippen LogP contribution is 2.21. The van der Waals surface area contributed by atoms with Crippen LogP contribution in [0.15, 0.2) is 30.5 Å². The van der Waals surface area contributed by atoms with Crippen LogP contribution in [0, 0.1) is 0 Å². The molecule has 128 valence electrons. The average Bonchev–Trinajstić information content (AvgIpc) is 2.86. The van der Waals surface area contributed by atoms with Crippen LogP contribution in [-0.2, 0) is 16.0 Å². The Morgan fingerprint density at radius 3 is 2.75 bits per heavy atom. The lowest BCUT2D eigenvalue weighted by Crippen LogP contribution is -2.33. The van der Waals surface area contributed by atoms with E-state index >= 15 is 0 Å². The molecule has 1 heterocycles. The number of rotatable bonds is 5. The van der Waals surface area contributed by atoms with Crippen molar-refractivity contribution in [3.63, 3.8) is 0 Å². The Hall–Kier alpha value is -2.76. The van der Waals surface area contributed by atoms with Crippen LogP contribution in [0.4, 0.5) is 4.79 Å². The van der Waals surface area contributed by atoms with Gasteiger partial charge in [0.1, 0.15) is 5.60 Å². The van der Waals surface area contributed by atoms with E-state index in [0.29, 0.717) is 13.0 Å². The summed E-state index contributed by atoms with van der Waals surface area (Å²) in [4.78, 5) is 25.4. The zero-order chi connectivity index (χ0) is 17.7. The molecule has 0 bridgehead atoms. The van der Waals surface area contributed by atoms with Gasteiger partial charge in [0, 0.05) is 29.7 Å². The molecule has 1 aromatic heterocycles. The van der Waals surface area contributed by atoms with Gasteiger partial charge in [-0.2, -0.15) is 0 Å². The number of aliphatic carboxylic acids is 1. The zero-order valence-electron chi connectivity index (χ0n) is 14.1. The Balaban J connectivity index is 2.03. The van der Waals surface area contributed by atoms with Crippen molar-refractivity contribution in [2.75, 3.05) is 6.54 Å². The van der Waals surface area contributed by atoms with E-state index in [9.17, 15) is 9.59 Å². The molecule has 24 heavy (non-hydrogen) atoms. The highest BCUT2D eigenvalue weighted by molar-refractivity contribution is 5.89. The maximum absolute atomic E-state index is 11.6. The second-order valence-electron chi connectivity index (χ2n) is 6.47. The van der Waals surface area contributed by atoms with Gasteiger partial charge in [0.25, 0.3) is 0 Å². The van der Waals surface area contributed by atoms with E-state index in [4.69, 9.17) is 9.84 Å². The highest BCUT2D eigenvalue weighted by atomic mass is 16.6. The monoisotopic (exact) mass is 330 g/mol. The molecule has 0 aliphatic carbocycles. The predicted molar refractivity (Wildman–Crippen MR) is 92.9 cm³/mol. The fourth-order valence-corrected chi connectivity index (χ4v) is 2.29. The van der Waals surface area contributed by atoms with E-state index in [1.54, 1.807) is 6.08 Å². The van der Waals surface area contributed by atoms with Gasteiger partial charge in [0.2, 0.25) is 0 Å². The van der Waals surface area contributed by atoms with Crippen LogP contribution < -0.4 is 5.32 Å². The average molecular weight is 330 g/mol. The fourth-order valence-electron chi connectivity index (χ4n) is 2.29. The number of benzene rings is 1. The summed E-state index contributed by atoms with van der Waals surface area (Å²) < 4.78 is 5.20. The molecular formula is C18H22N2O4. The van der Waals surface area contributed by atoms with Crippen molar-refractivity contribution in [3.8, 4) is 0 Å². The molecule has 0 radical (unpaired) electrons. The second-order valence-corrected chi connectivity index (χ2v) is 6.47. The van der Waals surface area contributed by atoms with Crippen LogP contribution in [0.2, 0.25) is 0 Å². The highest BCUT2D eigenvalue weighted by Gasteiger charge is 2.15. The molecule has 0 saturated carbocycles. The molecule has 0 fully saturated rings. The summed E-state index contributed by atoms with van der Waals surface area (Å²) in [5.74, 6) is -0.981. The van der Waals surface area contributed by atoms with Crippen LogP contribution in [0.3, 0.4) is 0 Å². The molecule has 1 aromatic carbocycles. The van der Waals surface area contributed by atoms with E-state index < -0.39 is 17.7 Å². The molecule has 3 N–H and O–H groups in total. The number of hydrogen-bond donors (Lipinski definition) is 3. The number of hydrogen-bond acceptors (Lipinski definition) is 3. The standard InChI is InChI=1S/C18H22N2O4/c1-18(2,3)24-17(23)19-9-8-13-11-20-15-6-4-12(10-14(13)15)5-7-16(21)22/h4-7,10-11,20H,8-9H2,1-3H3,(H,19,23)(H,21,22). The summed E-state index contributed by atoms with van der Waals surface area (Å²) in [5, 5.41) is 12.4. The number of ether oxygens (including phenoxy) is 1. The van der Waals surface area contributed by atoms with E-state index in [2.05, 4.69) is 10.3 Å². The molecule has 2 aromatic rings. The van der Waals surface area contributed by atoms with Gasteiger partial charge in [0.15, 0.2) is 0 Å². The molecule has 6 nitrogen and oxygen atoms in total. The Bertz CT molecular complexity index is 769. The number of carboxylic acid groups (broad SMARTS) is 1. The largest absolute Gasteiger partial charge is 0.478 e.